The van der Waals surface area contributed by atoms with E-state index in [2.05, 4.69) is 4.98 Å². The highest BCUT2D eigenvalue weighted by Crippen LogP contribution is 2.36. The number of Topliss-reactive ketones (excluding diaryl/α,β-unsaturated/α-hetero) is 1. The fourth-order valence-corrected chi connectivity index (χ4v) is 8.36. The van der Waals surface area contributed by atoms with Gasteiger partial charge in [0.1, 0.15) is 6.04 Å². The van der Waals surface area contributed by atoms with Crippen LogP contribution in [0, 0.1) is 11.8 Å². The van der Waals surface area contributed by atoms with Crippen molar-refractivity contribution in [3.05, 3.63) is 30.1 Å². The van der Waals surface area contributed by atoms with Crippen LogP contribution >= 0.6 is 0 Å². The summed E-state index contributed by atoms with van der Waals surface area (Å²) < 4.78 is 33.2. The molecule has 3 aliphatic heterocycles. The number of morpholine rings is 1. The number of carbonyl (C=O) groups is 3. The molecule has 3 atom stereocenters. The van der Waals surface area contributed by atoms with E-state index in [9.17, 15) is 22.8 Å². The first-order valence-corrected chi connectivity index (χ1v) is 15.5. The van der Waals surface area contributed by atoms with E-state index in [4.69, 9.17) is 4.74 Å². The van der Waals surface area contributed by atoms with Gasteiger partial charge in [0.25, 0.3) is 0 Å². The Kier molecular flexibility index (Phi) is 8.44. The molecular weight excluding hydrogens is 508 g/mol. The van der Waals surface area contributed by atoms with Gasteiger partial charge in [-0.05, 0) is 30.4 Å². The third kappa shape index (κ3) is 5.94. The molecule has 38 heavy (non-hydrogen) atoms. The topological polar surface area (TPSA) is 117 Å². The number of nitrogens with zero attached hydrogens (tertiary/aromatic N) is 4. The molecule has 208 valence electrons. The van der Waals surface area contributed by atoms with E-state index in [0.29, 0.717) is 57.2 Å². The number of sulfonamides is 1. The highest BCUT2D eigenvalue weighted by atomic mass is 32.2. The molecule has 0 N–H and O–H groups in total. The molecule has 5 rings (SSSR count). The number of hydrogen-bond acceptors (Lipinski definition) is 7. The van der Waals surface area contributed by atoms with Gasteiger partial charge >= 0.3 is 0 Å². The molecule has 10 nitrogen and oxygen atoms in total. The molecule has 4 heterocycles. The first-order chi connectivity index (χ1) is 18.3. The SMILES string of the molecule is O=C1CN(S(=O)(=O)Cc2cccnc2)C2CCN(C(=O)C(CC(=O)N3CCOCC3)CC3CCCCC3)C12. The standard InChI is InChI=1S/C27H38N4O6S/c32-24-18-31(38(35,36)19-21-7-4-9-28-17-21)23-8-10-30(26(23)24)27(34)22(15-20-5-2-1-3-6-20)16-25(33)29-11-13-37-14-12-29/h4,7,9,17,20,22-23,26H,1-3,5-6,8,10-16,18-19H2. The monoisotopic (exact) mass is 546 g/mol. The van der Waals surface area contributed by atoms with E-state index in [0.717, 1.165) is 25.7 Å². The van der Waals surface area contributed by atoms with Gasteiger partial charge in [-0.15, -0.1) is 0 Å². The lowest BCUT2D eigenvalue weighted by Gasteiger charge is -2.33. The van der Waals surface area contributed by atoms with Crippen molar-refractivity contribution in [3.63, 3.8) is 0 Å². The largest absolute Gasteiger partial charge is 0.378 e. The van der Waals surface area contributed by atoms with Crippen molar-refractivity contribution >= 4 is 27.6 Å². The molecule has 4 aliphatic rings. The maximum Gasteiger partial charge on any atom is 0.226 e. The Morgan fingerprint density at radius 2 is 1.84 bits per heavy atom. The quantitative estimate of drug-likeness (QED) is 0.486. The molecule has 1 aromatic heterocycles. The van der Waals surface area contributed by atoms with E-state index in [1.54, 1.807) is 28.1 Å². The minimum Gasteiger partial charge on any atom is -0.378 e. The number of pyridine rings is 1. The highest BCUT2D eigenvalue weighted by Gasteiger charge is 2.54. The molecular formula is C27H38N4O6S. The summed E-state index contributed by atoms with van der Waals surface area (Å²) >= 11 is 0. The van der Waals surface area contributed by atoms with Crippen LogP contribution in [0.15, 0.2) is 24.5 Å². The van der Waals surface area contributed by atoms with E-state index < -0.39 is 28.0 Å². The van der Waals surface area contributed by atoms with Gasteiger partial charge in [0.2, 0.25) is 21.8 Å². The predicted molar refractivity (Wildman–Crippen MR) is 139 cm³/mol. The molecule has 0 radical (unpaired) electrons. The molecule has 11 heteroatoms. The van der Waals surface area contributed by atoms with Crippen LogP contribution < -0.4 is 0 Å². The average molecular weight is 547 g/mol. The van der Waals surface area contributed by atoms with E-state index in [1.807, 2.05) is 0 Å². The van der Waals surface area contributed by atoms with Crippen molar-refractivity contribution in [2.75, 3.05) is 39.4 Å². The molecule has 3 saturated heterocycles. The van der Waals surface area contributed by atoms with Crippen molar-refractivity contribution in [2.45, 2.75) is 69.2 Å². The van der Waals surface area contributed by atoms with Gasteiger partial charge in [-0.25, -0.2) is 8.42 Å². The fourth-order valence-electron chi connectivity index (χ4n) is 6.64. The summed E-state index contributed by atoms with van der Waals surface area (Å²) in [6.45, 7) is 2.16. The Balaban J connectivity index is 1.31. The van der Waals surface area contributed by atoms with E-state index in [1.165, 1.54) is 16.9 Å². The van der Waals surface area contributed by atoms with Gasteiger partial charge in [-0.3, -0.25) is 19.4 Å². The van der Waals surface area contributed by atoms with Crippen LogP contribution in [-0.4, -0.2) is 96.6 Å². The van der Waals surface area contributed by atoms with Gasteiger partial charge in [0, 0.05) is 44.4 Å². The van der Waals surface area contributed by atoms with Crippen LogP contribution in [0.2, 0.25) is 0 Å². The molecule has 2 amide bonds. The first kappa shape index (κ1) is 27.2. The number of fused-ring (bicyclic) bond motifs is 1. The Labute approximate surface area is 224 Å². The second-order valence-electron chi connectivity index (χ2n) is 11.1. The lowest BCUT2D eigenvalue weighted by atomic mass is 9.81. The molecule has 1 aliphatic carbocycles. The minimum atomic E-state index is -3.76. The van der Waals surface area contributed by atoms with Crippen molar-refractivity contribution < 1.29 is 27.5 Å². The summed E-state index contributed by atoms with van der Waals surface area (Å²) in [5.41, 5.74) is 0.559. The number of ketones is 1. The normalized spacial score (nSPS) is 25.9. The maximum absolute atomic E-state index is 14.0. The Hall–Kier alpha value is -2.37. The maximum atomic E-state index is 14.0. The third-order valence-electron chi connectivity index (χ3n) is 8.57. The number of likely N-dealkylation sites (tertiary alicyclic amines) is 1. The smallest absolute Gasteiger partial charge is 0.226 e. The minimum absolute atomic E-state index is 0.0448. The summed E-state index contributed by atoms with van der Waals surface area (Å²) in [7, 11) is -3.76. The van der Waals surface area contributed by atoms with Crippen LogP contribution in [-0.2, 0) is 34.9 Å². The fraction of sp³-hybridized carbons (Fsp3) is 0.704. The van der Waals surface area contributed by atoms with Gasteiger partial charge in [-0.2, -0.15) is 4.31 Å². The zero-order valence-corrected chi connectivity index (χ0v) is 22.7. The van der Waals surface area contributed by atoms with Gasteiger partial charge in [0.05, 0.1) is 31.6 Å². The van der Waals surface area contributed by atoms with Crippen LogP contribution in [0.5, 0.6) is 0 Å². The summed E-state index contributed by atoms with van der Waals surface area (Å²) in [6.07, 6.45) is 9.87. The molecule has 0 aromatic carbocycles. The second-order valence-corrected chi connectivity index (χ2v) is 13.0. The van der Waals surface area contributed by atoms with Crippen molar-refractivity contribution in [1.29, 1.82) is 0 Å². The molecule has 1 aromatic rings. The number of amides is 2. The van der Waals surface area contributed by atoms with E-state index in [-0.39, 0.29) is 36.3 Å². The number of carbonyl (C=O) groups excluding carboxylic acids is 3. The van der Waals surface area contributed by atoms with Crippen LogP contribution in [0.1, 0.15) is 56.9 Å². The number of rotatable bonds is 8. The Bertz CT molecular complexity index is 1120. The molecule has 0 bridgehead atoms. The Morgan fingerprint density at radius 3 is 2.55 bits per heavy atom. The van der Waals surface area contributed by atoms with Crippen LogP contribution in [0.4, 0.5) is 0 Å². The van der Waals surface area contributed by atoms with Crippen LogP contribution in [0.25, 0.3) is 0 Å². The van der Waals surface area contributed by atoms with Gasteiger partial charge < -0.3 is 14.5 Å². The number of aromatic nitrogens is 1. The summed E-state index contributed by atoms with van der Waals surface area (Å²) in [5.74, 6) is -0.804. The summed E-state index contributed by atoms with van der Waals surface area (Å²) in [4.78, 5) is 47.6. The second kappa shape index (κ2) is 11.8. The summed E-state index contributed by atoms with van der Waals surface area (Å²) in [6, 6.07) is 2.05. The third-order valence-corrected chi connectivity index (χ3v) is 10.4. The predicted octanol–water partition coefficient (Wildman–Crippen LogP) is 1.60. The van der Waals surface area contributed by atoms with Crippen molar-refractivity contribution in [2.24, 2.45) is 11.8 Å². The molecule has 0 spiro atoms. The zero-order chi connectivity index (χ0) is 26.7. The summed E-state index contributed by atoms with van der Waals surface area (Å²) in [5, 5.41) is 0. The van der Waals surface area contributed by atoms with Gasteiger partial charge in [-0.1, -0.05) is 38.2 Å². The molecule has 1 saturated carbocycles. The zero-order valence-electron chi connectivity index (χ0n) is 21.9. The van der Waals surface area contributed by atoms with Crippen molar-refractivity contribution in [3.8, 4) is 0 Å². The molecule has 3 unspecified atom stereocenters. The number of ether oxygens (including phenoxy) is 1. The van der Waals surface area contributed by atoms with E-state index >= 15 is 0 Å². The Morgan fingerprint density at radius 1 is 1.08 bits per heavy atom. The van der Waals surface area contributed by atoms with Crippen LogP contribution in [0.3, 0.4) is 0 Å². The van der Waals surface area contributed by atoms with Crippen molar-refractivity contribution in [1.82, 2.24) is 19.1 Å². The average Bonchev–Trinajstić information content (AvgIpc) is 3.51. The first-order valence-electron chi connectivity index (χ1n) is 13.9. The highest BCUT2D eigenvalue weighted by molar-refractivity contribution is 7.88. The number of hydrogen-bond donors (Lipinski definition) is 0. The van der Waals surface area contributed by atoms with Gasteiger partial charge in [0.15, 0.2) is 5.78 Å². The lowest BCUT2D eigenvalue weighted by Crippen LogP contribution is -2.48. The lowest BCUT2D eigenvalue weighted by molar-refractivity contribution is -0.145. The molecule has 4 fully saturated rings.